The van der Waals surface area contributed by atoms with Crippen molar-refractivity contribution in [3.05, 3.63) is 45.1 Å². The van der Waals surface area contributed by atoms with Gasteiger partial charge in [0.25, 0.3) is 18.2 Å². The Bertz CT molecular complexity index is 1240. The zero-order valence-corrected chi connectivity index (χ0v) is 22.6. The van der Waals surface area contributed by atoms with E-state index >= 15 is 0 Å². The van der Waals surface area contributed by atoms with E-state index in [2.05, 4.69) is 10.6 Å². The first-order chi connectivity index (χ1) is 18.9. The lowest BCUT2D eigenvalue weighted by atomic mass is 9.90. The summed E-state index contributed by atoms with van der Waals surface area (Å²) in [6.07, 6.45) is -5.92. The zero-order valence-electron chi connectivity index (χ0n) is 21.0. The van der Waals surface area contributed by atoms with Gasteiger partial charge in [-0.1, -0.05) is 18.0 Å². The number of benzene rings is 1. The Morgan fingerprint density at radius 1 is 1.20 bits per heavy atom. The van der Waals surface area contributed by atoms with Crippen LogP contribution in [0.5, 0.6) is 0 Å². The number of morpholine rings is 1. The van der Waals surface area contributed by atoms with Crippen LogP contribution in [0.4, 0.5) is 33.3 Å². The quantitative estimate of drug-likeness (QED) is 0.384. The van der Waals surface area contributed by atoms with Crippen molar-refractivity contribution < 1.29 is 41.1 Å². The topological polar surface area (TPSA) is 91.0 Å². The van der Waals surface area contributed by atoms with E-state index in [9.17, 15) is 36.3 Å². The molecule has 0 spiro atoms. The normalized spacial score (nSPS) is 17.2. The van der Waals surface area contributed by atoms with Crippen LogP contribution in [0.2, 0.25) is 4.34 Å². The minimum absolute atomic E-state index is 0.0224. The summed E-state index contributed by atoms with van der Waals surface area (Å²) in [6.45, 7) is -1.29. The van der Waals surface area contributed by atoms with Crippen molar-refractivity contribution in [2.75, 3.05) is 43.1 Å². The molecule has 1 saturated carbocycles. The fraction of sp³-hybridized carbons (Fsp3) is 0.480. The Morgan fingerprint density at radius 3 is 2.52 bits per heavy atom. The van der Waals surface area contributed by atoms with Crippen molar-refractivity contribution in [3.63, 3.8) is 0 Å². The molecule has 1 saturated heterocycles. The molecule has 0 unspecified atom stereocenters. The van der Waals surface area contributed by atoms with Gasteiger partial charge >= 0.3 is 6.18 Å². The molecule has 2 aromatic rings. The molecule has 1 aromatic heterocycles. The summed E-state index contributed by atoms with van der Waals surface area (Å²) in [5.74, 6) is -2.10. The zero-order chi connectivity index (χ0) is 29.0. The number of hydrogen-bond acceptors (Lipinski definition) is 6. The van der Waals surface area contributed by atoms with Crippen LogP contribution in [-0.2, 0) is 20.5 Å². The first-order valence-electron chi connectivity index (χ1n) is 12.4. The van der Waals surface area contributed by atoms with E-state index in [0.29, 0.717) is 17.2 Å². The van der Waals surface area contributed by atoms with Gasteiger partial charge < -0.3 is 20.3 Å². The van der Waals surface area contributed by atoms with Gasteiger partial charge in [0.05, 0.1) is 33.6 Å². The molecular weight excluding hydrogens is 583 g/mol. The van der Waals surface area contributed by atoms with Gasteiger partial charge in [-0.25, -0.2) is 8.78 Å². The number of nitrogens with zero attached hydrogens (tertiary/aromatic N) is 2. The Hall–Kier alpha value is -2.81. The van der Waals surface area contributed by atoms with E-state index in [-0.39, 0.29) is 30.3 Å². The summed E-state index contributed by atoms with van der Waals surface area (Å²) < 4.78 is 74.6. The minimum atomic E-state index is -4.91. The van der Waals surface area contributed by atoms with Gasteiger partial charge in [-0.3, -0.25) is 19.3 Å². The van der Waals surface area contributed by atoms with Gasteiger partial charge in [-0.05, 0) is 43.2 Å². The Balaban J connectivity index is 1.60. The van der Waals surface area contributed by atoms with Crippen LogP contribution < -0.4 is 15.5 Å². The number of hydrogen-bond donors (Lipinski definition) is 2. The average molecular weight is 609 g/mol. The summed E-state index contributed by atoms with van der Waals surface area (Å²) in [4.78, 5) is 40.8. The van der Waals surface area contributed by atoms with Gasteiger partial charge in [0, 0.05) is 24.8 Å². The van der Waals surface area contributed by atoms with Gasteiger partial charge in [0.1, 0.15) is 12.6 Å². The van der Waals surface area contributed by atoms with Crippen molar-refractivity contribution >= 4 is 52.0 Å². The third-order valence-electron chi connectivity index (χ3n) is 6.71. The van der Waals surface area contributed by atoms with Crippen LogP contribution in [0.25, 0.3) is 0 Å². The van der Waals surface area contributed by atoms with Gasteiger partial charge in [0.2, 0.25) is 5.91 Å². The van der Waals surface area contributed by atoms with Crippen LogP contribution in [0.3, 0.4) is 0 Å². The molecule has 2 heterocycles. The summed E-state index contributed by atoms with van der Waals surface area (Å²) in [7, 11) is 0. The number of rotatable bonds is 10. The molecule has 0 radical (unpaired) electrons. The molecule has 1 atom stereocenters. The van der Waals surface area contributed by atoms with E-state index in [4.69, 9.17) is 16.3 Å². The largest absolute Gasteiger partial charge is 0.418 e. The Morgan fingerprint density at radius 2 is 1.95 bits per heavy atom. The molecule has 3 amide bonds. The second-order valence-corrected chi connectivity index (χ2v) is 11.0. The standard InChI is InChI=1S/C25H26ClF5N4O4S/c26-20-7-6-19(40-20)24(38)32-11-18(35(12-21(27)28)14-2-1-3-14)23(37)33-17-5-4-15(10-16(17)25(29,30)31)34-8-9-39-13-22(34)36/h4-7,10,14,18,21H,1-3,8-9,11-13H2,(H,32,38)(H,33,37)/t18-/m1/s1. The van der Waals surface area contributed by atoms with Gasteiger partial charge in [0.15, 0.2) is 0 Å². The molecule has 2 aliphatic rings. The number of amides is 3. The van der Waals surface area contributed by atoms with Crippen LogP contribution in [0, 0.1) is 0 Å². The molecular formula is C25H26ClF5N4O4S. The minimum Gasteiger partial charge on any atom is -0.370 e. The van der Waals surface area contributed by atoms with E-state index < -0.39 is 66.7 Å². The number of thiophene rings is 1. The lowest BCUT2D eigenvalue weighted by Crippen LogP contribution is -2.57. The third-order valence-corrected chi connectivity index (χ3v) is 7.94. The van der Waals surface area contributed by atoms with E-state index in [0.717, 1.165) is 34.8 Å². The molecule has 15 heteroatoms. The summed E-state index contributed by atoms with van der Waals surface area (Å²) >= 11 is 6.84. The highest BCUT2D eigenvalue weighted by molar-refractivity contribution is 7.18. The molecule has 1 aromatic carbocycles. The molecule has 2 fully saturated rings. The lowest BCUT2D eigenvalue weighted by Gasteiger charge is -2.41. The van der Waals surface area contributed by atoms with Crippen molar-refractivity contribution in [1.82, 2.24) is 10.2 Å². The molecule has 1 aliphatic carbocycles. The number of nitrogens with one attached hydrogen (secondary N) is 2. The highest BCUT2D eigenvalue weighted by Gasteiger charge is 2.39. The molecule has 0 bridgehead atoms. The first-order valence-corrected chi connectivity index (χ1v) is 13.6. The number of ether oxygens (including phenoxy) is 1. The second-order valence-electron chi connectivity index (χ2n) is 9.32. The second kappa shape index (κ2) is 12.8. The highest BCUT2D eigenvalue weighted by atomic mass is 35.5. The molecule has 218 valence electrons. The number of anilines is 2. The third kappa shape index (κ3) is 7.28. The van der Waals surface area contributed by atoms with Gasteiger partial charge in [-0.2, -0.15) is 13.2 Å². The molecule has 4 rings (SSSR count). The maximum absolute atomic E-state index is 14.1. The van der Waals surface area contributed by atoms with Crippen molar-refractivity contribution in [1.29, 1.82) is 0 Å². The molecule has 1 aliphatic heterocycles. The maximum atomic E-state index is 14.1. The fourth-order valence-corrected chi connectivity index (χ4v) is 5.49. The monoisotopic (exact) mass is 608 g/mol. The average Bonchev–Trinajstić information content (AvgIpc) is 3.29. The highest BCUT2D eigenvalue weighted by Crippen LogP contribution is 2.38. The fourth-order valence-electron chi connectivity index (χ4n) is 4.53. The Kier molecular flexibility index (Phi) is 9.64. The van der Waals surface area contributed by atoms with Crippen molar-refractivity contribution in [2.45, 2.75) is 43.9 Å². The number of halogens is 6. The van der Waals surface area contributed by atoms with Crippen molar-refractivity contribution in [3.8, 4) is 0 Å². The predicted octanol–water partition coefficient (Wildman–Crippen LogP) is 4.64. The number of alkyl halides is 5. The molecule has 40 heavy (non-hydrogen) atoms. The Labute approximate surface area is 235 Å². The smallest absolute Gasteiger partial charge is 0.370 e. The van der Waals surface area contributed by atoms with Crippen LogP contribution in [0.1, 0.15) is 34.5 Å². The van der Waals surface area contributed by atoms with E-state index in [1.165, 1.54) is 23.1 Å². The van der Waals surface area contributed by atoms with Crippen LogP contribution in [0.15, 0.2) is 30.3 Å². The molecule has 2 N–H and O–H groups in total. The molecule has 8 nitrogen and oxygen atoms in total. The predicted molar refractivity (Wildman–Crippen MR) is 139 cm³/mol. The van der Waals surface area contributed by atoms with E-state index in [1.807, 2.05) is 0 Å². The first kappa shape index (κ1) is 30.2. The number of carbonyl (C=O) groups excluding carboxylic acids is 3. The lowest BCUT2D eigenvalue weighted by molar-refractivity contribution is -0.137. The maximum Gasteiger partial charge on any atom is 0.418 e. The summed E-state index contributed by atoms with van der Waals surface area (Å²) in [5.41, 5.74) is -1.84. The SMILES string of the molecule is O=C(NC[C@H](C(=O)Nc1ccc(N2CCOCC2=O)cc1C(F)(F)F)N(CC(F)F)C1CCC1)c1ccc(Cl)s1. The van der Waals surface area contributed by atoms with Crippen LogP contribution in [-0.4, -0.2) is 74.0 Å². The van der Waals surface area contributed by atoms with Crippen LogP contribution >= 0.6 is 22.9 Å². The van der Waals surface area contributed by atoms with E-state index in [1.54, 1.807) is 0 Å². The number of carbonyl (C=O) groups is 3. The van der Waals surface area contributed by atoms with Crippen molar-refractivity contribution in [2.24, 2.45) is 0 Å². The van der Waals surface area contributed by atoms with Gasteiger partial charge in [-0.15, -0.1) is 11.3 Å². The summed E-state index contributed by atoms with van der Waals surface area (Å²) in [6, 6.07) is 4.19. The summed E-state index contributed by atoms with van der Waals surface area (Å²) in [5, 5.41) is 4.76.